The molecule has 6 nitrogen and oxygen atoms in total. The molecule has 0 saturated carbocycles. The maximum Gasteiger partial charge on any atom is 0.227 e. The first kappa shape index (κ1) is 16.5. The summed E-state index contributed by atoms with van der Waals surface area (Å²) in [5, 5.41) is 3.43. The smallest absolute Gasteiger partial charge is 0.227 e. The second-order valence-electron chi connectivity index (χ2n) is 5.80. The van der Waals surface area contributed by atoms with Gasteiger partial charge in [-0.2, -0.15) is 0 Å². The van der Waals surface area contributed by atoms with Crippen LogP contribution in [0.15, 0.2) is 43.0 Å². The van der Waals surface area contributed by atoms with Crippen LogP contribution in [-0.2, 0) is 16.1 Å². The van der Waals surface area contributed by atoms with E-state index in [-0.39, 0.29) is 24.2 Å². The Hall–Kier alpha value is -2.34. The number of carbonyl (C=O) groups excluding carboxylic acids is 2. The molecule has 1 aromatic carbocycles. The summed E-state index contributed by atoms with van der Waals surface area (Å²) in [4.78, 5) is 30.0. The molecule has 0 aliphatic carbocycles. The van der Waals surface area contributed by atoms with Gasteiger partial charge in [0.25, 0.3) is 0 Å². The minimum atomic E-state index is -0.331. The molecule has 1 atom stereocenters. The monoisotopic (exact) mass is 346 g/mol. The fourth-order valence-electron chi connectivity index (χ4n) is 2.82. The number of halogens is 1. The molecule has 3 rings (SSSR count). The van der Waals surface area contributed by atoms with E-state index in [4.69, 9.17) is 11.6 Å². The number of imidazole rings is 1. The number of hydrogen-bond donors (Lipinski definition) is 1. The molecule has 0 spiro atoms. The summed E-state index contributed by atoms with van der Waals surface area (Å²) in [7, 11) is 0. The first-order valence-corrected chi connectivity index (χ1v) is 8.31. The van der Waals surface area contributed by atoms with Gasteiger partial charge in [-0.1, -0.05) is 23.7 Å². The number of nitrogens with one attached hydrogen (secondary N) is 1. The van der Waals surface area contributed by atoms with Gasteiger partial charge in [0.2, 0.25) is 11.8 Å². The molecular weight excluding hydrogens is 328 g/mol. The van der Waals surface area contributed by atoms with Crippen molar-refractivity contribution in [2.75, 3.05) is 18.0 Å². The van der Waals surface area contributed by atoms with Crippen LogP contribution in [0.2, 0.25) is 5.02 Å². The van der Waals surface area contributed by atoms with Crippen LogP contribution in [0.5, 0.6) is 0 Å². The lowest BCUT2D eigenvalue weighted by Gasteiger charge is -2.18. The van der Waals surface area contributed by atoms with E-state index in [2.05, 4.69) is 10.3 Å². The van der Waals surface area contributed by atoms with E-state index >= 15 is 0 Å². The van der Waals surface area contributed by atoms with Crippen LogP contribution < -0.4 is 10.2 Å². The van der Waals surface area contributed by atoms with Gasteiger partial charge in [0.1, 0.15) is 0 Å². The molecule has 7 heteroatoms. The predicted octanol–water partition coefficient (Wildman–Crippen LogP) is 2.10. The number of nitrogens with zero attached hydrogens (tertiary/aromatic N) is 3. The third-order valence-electron chi connectivity index (χ3n) is 4.09. The van der Waals surface area contributed by atoms with Gasteiger partial charge in [-0.15, -0.1) is 0 Å². The van der Waals surface area contributed by atoms with E-state index in [9.17, 15) is 9.59 Å². The van der Waals surface area contributed by atoms with Crippen molar-refractivity contribution in [1.29, 1.82) is 0 Å². The van der Waals surface area contributed by atoms with Gasteiger partial charge < -0.3 is 14.8 Å². The fraction of sp³-hybridized carbons (Fsp3) is 0.353. The normalized spacial score (nSPS) is 17.3. The molecule has 1 aromatic heterocycles. The minimum absolute atomic E-state index is 0.0679. The summed E-state index contributed by atoms with van der Waals surface area (Å²) in [6, 6.07) is 7.19. The van der Waals surface area contributed by atoms with Crippen molar-refractivity contribution in [3.8, 4) is 0 Å². The SMILES string of the molecule is O=C(NCCCn1ccnc1)C1CC(=O)N(c2ccccc2Cl)C1. The Morgan fingerprint density at radius 2 is 2.21 bits per heavy atom. The lowest BCUT2D eigenvalue weighted by molar-refractivity contribution is -0.126. The van der Waals surface area contributed by atoms with E-state index in [1.165, 1.54) is 0 Å². The highest BCUT2D eigenvalue weighted by Gasteiger charge is 2.35. The minimum Gasteiger partial charge on any atom is -0.356 e. The topological polar surface area (TPSA) is 67.2 Å². The third-order valence-corrected chi connectivity index (χ3v) is 4.41. The predicted molar refractivity (Wildman–Crippen MR) is 91.8 cm³/mol. The number of anilines is 1. The average molecular weight is 347 g/mol. The highest BCUT2D eigenvalue weighted by molar-refractivity contribution is 6.33. The lowest BCUT2D eigenvalue weighted by Crippen LogP contribution is -2.33. The van der Waals surface area contributed by atoms with Gasteiger partial charge in [0.15, 0.2) is 0 Å². The Morgan fingerprint density at radius 3 is 2.96 bits per heavy atom. The summed E-state index contributed by atoms with van der Waals surface area (Å²) < 4.78 is 1.96. The molecule has 2 heterocycles. The molecule has 0 bridgehead atoms. The molecule has 1 aliphatic rings. The van der Waals surface area contributed by atoms with Crippen LogP contribution in [0.3, 0.4) is 0 Å². The number of aryl methyl sites for hydroxylation is 1. The van der Waals surface area contributed by atoms with Crippen molar-refractivity contribution < 1.29 is 9.59 Å². The average Bonchev–Trinajstić information content (AvgIpc) is 3.22. The van der Waals surface area contributed by atoms with Crippen molar-refractivity contribution in [2.24, 2.45) is 5.92 Å². The molecule has 2 amide bonds. The Morgan fingerprint density at radius 1 is 1.38 bits per heavy atom. The third kappa shape index (κ3) is 3.76. The van der Waals surface area contributed by atoms with Crippen molar-refractivity contribution in [1.82, 2.24) is 14.9 Å². The summed E-state index contributed by atoms with van der Waals surface area (Å²) >= 11 is 6.15. The highest BCUT2D eigenvalue weighted by Crippen LogP contribution is 2.30. The number of carbonyl (C=O) groups is 2. The van der Waals surface area contributed by atoms with E-state index in [1.54, 1.807) is 29.6 Å². The first-order valence-electron chi connectivity index (χ1n) is 7.93. The Labute approximate surface area is 145 Å². The zero-order valence-corrected chi connectivity index (χ0v) is 13.9. The van der Waals surface area contributed by atoms with E-state index < -0.39 is 0 Å². The van der Waals surface area contributed by atoms with Crippen LogP contribution in [0.25, 0.3) is 0 Å². The molecule has 1 aliphatic heterocycles. The molecule has 1 fully saturated rings. The first-order chi connectivity index (χ1) is 11.6. The van der Waals surface area contributed by atoms with Gasteiger partial charge in [-0.25, -0.2) is 4.98 Å². The van der Waals surface area contributed by atoms with Gasteiger partial charge >= 0.3 is 0 Å². The standard InChI is InChI=1S/C17H19ClN4O2/c18-14-4-1-2-5-15(14)22-11-13(10-16(22)23)17(24)20-6-3-8-21-9-7-19-12-21/h1-2,4-5,7,9,12-13H,3,6,8,10-11H2,(H,20,24). The maximum atomic E-state index is 12.3. The molecule has 126 valence electrons. The van der Waals surface area contributed by atoms with Crippen molar-refractivity contribution in [3.05, 3.63) is 48.0 Å². The highest BCUT2D eigenvalue weighted by atomic mass is 35.5. The number of hydrogen-bond acceptors (Lipinski definition) is 3. The molecule has 0 radical (unpaired) electrons. The largest absolute Gasteiger partial charge is 0.356 e. The van der Waals surface area contributed by atoms with E-state index in [0.717, 1.165) is 13.0 Å². The second-order valence-corrected chi connectivity index (χ2v) is 6.21. The van der Waals surface area contributed by atoms with Crippen LogP contribution in [0.4, 0.5) is 5.69 Å². The quantitative estimate of drug-likeness (QED) is 0.814. The van der Waals surface area contributed by atoms with Crippen molar-refractivity contribution >= 4 is 29.1 Å². The van der Waals surface area contributed by atoms with Crippen molar-refractivity contribution in [3.63, 3.8) is 0 Å². The van der Waals surface area contributed by atoms with Crippen LogP contribution in [0.1, 0.15) is 12.8 Å². The number of amides is 2. The van der Waals surface area contributed by atoms with Gasteiger partial charge in [0.05, 0.1) is 23.0 Å². The van der Waals surface area contributed by atoms with Gasteiger partial charge in [-0.05, 0) is 18.6 Å². The lowest BCUT2D eigenvalue weighted by atomic mass is 10.1. The zero-order valence-electron chi connectivity index (χ0n) is 13.2. The number of para-hydroxylation sites is 1. The number of aromatic nitrogens is 2. The fourth-order valence-corrected chi connectivity index (χ4v) is 3.06. The number of benzene rings is 1. The summed E-state index contributed by atoms with van der Waals surface area (Å²) in [5.74, 6) is -0.479. The summed E-state index contributed by atoms with van der Waals surface area (Å²) in [5.41, 5.74) is 0.666. The molecule has 24 heavy (non-hydrogen) atoms. The van der Waals surface area contributed by atoms with Crippen LogP contribution in [0, 0.1) is 5.92 Å². The molecule has 1 saturated heterocycles. The Bertz CT molecular complexity index is 717. The molecule has 2 aromatic rings. The van der Waals surface area contributed by atoms with Gasteiger partial charge in [0, 0.05) is 38.4 Å². The van der Waals surface area contributed by atoms with Crippen LogP contribution in [-0.4, -0.2) is 34.5 Å². The molecule has 1 unspecified atom stereocenters. The van der Waals surface area contributed by atoms with Crippen LogP contribution >= 0.6 is 11.6 Å². The van der Waals surface area contributed by atoms with E-state index in [1.807, 2.05) is 22.9 Å². The second kappa shape index (κ2) is 7.49. The van der Waals surface area contributed by atoms with E-state index in [0.29, 0.717) is 23.8 Å². The summed E-state index contributed by atoms with van der Waals surface area (Å²) in [6.45, 7) is 1.75. The van der Waals surface area contributed by atoms with Gasteiger partial charge in [-0.3, -0.25) is 9.59 Å². The molecular formula is C17H19ClN4O2. The zero-order chi connectivity index (χ0) is 16.9. The molecule has 1 N–H and O–H groups in total. The maximum absolute atomic E-state index is 12.3. The number of rotatable bonds is 6. The summed E-state index contributed by atoms with van der Waals surface area (Å²) in [6.07, 6.45) is 6.40. The van der Waals surface area contributed by atoms with Crippen molar-refractivity contribution in [2.45, 2.75) is 19.4 Å². The Balaban J connectivity index is 1.50. The Kier molecular flexibility index (Phi) is 5.15.